The highest BCUT2D eigenvalue weighted by molar-refractivity contribution is 6.36. The first-order valence-corrected chi connectivity index (χ1v) is 7.83. The Balaban J connectivity index is 1.84. The minimum Gasteiger partial charge on any atom is -0.345 e. The van der Waals surface area contributed by atoms with Crippen LogP contribution in [0.15, 0.2) is 30.3 Å². The minimum absolute atomic E-state index is 0.0750. The van der Waals surface area contributed by atoms with Crippen molar-refractivity contribution in [2.24, 2.45) is 0 Å². The van der Waals surface area contributed by atoms with Gasteiger partial charge in [0.25, 0.3) is 5.91 Å². The van der Waals surface area contributed by atoms with Gasteiger partial charge in [-0.1, -0.05) is 40.9 Å². The summed E-state index contributed by atoms with van der Waals surface area (Å²) in [5.74, 6) is -1.09. The van der Waals surface area contributed by atoms with E-state index in [1.165, 1.54) is 6.07 Å². The number of nitrogens with one attached hydrogen (secondary N) is 1. The van der Waals surface area contributed by atoms with Gasteiger partial charge < -0.3 is 5.32 Å². The number of hydrogen-bond acceptors (Lipinski definition) is 1. The number of fused-ring (bicyclic) bond motifs is 1. The lowest BCUT2D eigenvalue weighted by molar-refractivity contribution is 0.0936. The molecule has 2 nitrogen and oxygen atoms in total. The molecule has 0 saturated carbocycles. The highest BCUT2D eigenvalue weighted by atomic mass is 35.5. The monoisotopic (exact) mass is 357 g/mol. The zero-order valence-corrected chi connectivity index (χ0v) is 13.6. The highest BCUT2D eigenvalue weighted by Crippen LogP contribution is 2.33. The maximum atomic E-state index is 13.5. The fraction of sp³-hybridized carbons (Fsp3) is 0.188. The molecule has 1 aliphatic rings. The first kappa shape index (κ1) is 15.6. The van der Waals surface area contributed by atoms with Gasteiger partial charge in [0.15, 0.2) is 0 Å². The van der Waals surface area contributed by atoms with Gasteiger partial charge in [-0.2, -0.15) is 0 Å². The second kappa shape index (κ2) is 6.07. The Bertz CT molecular complexity index is 763. The topological polar surface area (TPSA) is 29.1 Å². The van der Waals surface area contributed by atoms with E-state index in [2.05, 4.69) is 5.32 Å². The predicted octanol–water partition coefficient (Wildman–Crippen LogP) is 5.20. The molecule has 0 bridgehead atoms. The molecule has 114 valence electrons. The maximum absolute atomic E-state index is 13.5. The van der Waals surface area contributed by atoms with Gasteiger partial charge in [-0.05, 0) is 48.2 Å². The van der Waals surface area contributed by atoms with E-state index in [-0.39, 0.29) is 21.7 Å². The van der Waals surface area contributed by atoms with E-state index in [9.17, 15) is 9.18 Å². The first-order valence-electron chi connectivity index (χ1n) is 6.69. The van der Waals surface area contributed by atoms with Gasteiger partial charge in [-0.25, -0.2) is 4.39 Å². The molecule has 22 heavy (non-hydrogen) atoms. The molecule has 3 rings (SSSR count). The highest BCUT2D eigenvalue weighted by Gasteiger charge is 2.25. The number of rotatable bonds is 2. The molecule has 1 atom stereocenters. The fourth-order valence-corrected chi connectivity index (χ4v) is 3.33. The van der Waals surface area contributed by atoms with Gasteiger partial charge in [-0.3, -0.25) is 4.79 Å². The van der Waals surface area contributed by atoms with Crippen LogP contribution in [0, 0.1) is 5.82 Å². The predicted molar refractivity (Wildman–Crippen MR) is 86.4 cm³/mol. The van der Waals surface area contributed by atoms with E-state index in [4.69, 9.17) is 34.8 Å². The van der Waals surface area contributed by atoms with Crippen molar-refractivity contribution in [3.63, 3.8) is 0 Å². The normalized spacial score (nSPS) is 16.5. The lowest BCUT2D eigenvalue weighted by Crippen LogP contribution is -2.27. The quantitative estimate of drug-likeness (QED) is 0.734. The average Bonchev–Trinajstić information content (AvgIpc) is 2.85. The Morgan fingerprint density at radius 1 is 1.14 bits per heavy atom. The molecule has 2 aromatic rings. The third-order valence-corrected chi connectivity index (χ3v) is 4.58. The van der Waals surface area contributed by atoms with Crippen LogP contribution in [-0.4, -0.2) is 5.91 Å². The lowest BCUT2D eigenvalue weighted by Gasteiger charge is -2.15. The smallest absolute Gasteiger partial charge is 0.253 e. The summed E-state index contributed by atoms with van der Waals surface area (Å²) in [7, 11) is 0. The zero-order chi connectivity index (χ0) is 15.9. The molecule has 0 saturated heterocycles. The summed E-state index contributed by atoms with van der Waals surface area (Å²) in [6.07, 6.45) is 1.61. The summed E-state index contributed by atoms with van der Waals surface area (Å²) in [6, 6.07) is 7.75. The van der Waals surface area contributed by atoms with Crippen molar-refractivity contribution in [1.82, 2.24) is 5.32 Å². The summed E-state index contributed by atoms with van der Waals surface area (Å²) in [5.41, 5.74) is 2.22. The van der Waals surface area contributed by atoms with E-state index < -0.39 is 11.7 Å². The second-order valence-electron chi connectivity index (χ2n) is 5.15. The SMILES string of the molecule is O=C(NC1CCc2cc(Cl)ccc21)c1cc(F)c(Cl)cc1Cl. The maximum Gasteiger partial charge on any atom is 0.253 e. The summed E-state index contributed by atoms with van der Waals surface area (Å²) in [5, 5.41) is 3.57. The molecule has 0 fully saturated rings. The van der Waals surface area contributed by atoms with Crippen molar-refractivity contribution in [1.29, 1.82) is 0 Å². The molecule has 0 aromatic heterocycles. The van der Waals surface area contributed by atoms with Gasteiger partial charge in [0.2, 0.25) is 0 Å². The van der Waals surface area contributed by atoms with Crippen LogP contribution >= 0.6 is 34.8 Å². The van der Waals surface area contributed by atoms with E-state index in [0.717, 1.165) is 30.0 Å². The number of carbonyl (C=O) groups excluding carboxylic acids is 1. The van der Waals surface area contributed by atoms with Gasteiger partial charge >= 0.3 is 0 Å². The van der Waals surface area contributed by atoms with Crippen LogP contribution in [0.25, 0.3) is 0 Å². The van der Waals surface area contributed by atoms with Crippen molar-refractivity contribution in [2.75, 3.05) is 0 Å². The van der Waals surface area contributed by atoms with Crippen LogP contribution in [0.5, 0.6) is 0 Å². The Hall–Kier alpha value is -1.29. The van der Waals surface area contributed by atoms with Crippen molar-refractivity contribution < 1.29 is 9.18 Å². The van der Waals surface area contributed by atoms with Crippen molar-refractivity contribution in [3.05, 3.63) is 67.9 Å². The number of amides is 1. The Morgan fingerprint density at radius 3 is 2.68 bits per heavy atom. The number of hydrogen-bond donors (Lipinski definition) is 1. The standard InChI is InChI=1S/C16H11Cl3FNO/c17-9-2-3-10-8(5-9)1-4-15(10)21-16(22)11-6-14(20)13(19)7-12(11)18/h2-3,5-7,15H,1,4H2,(H,21,22). The molecule has 6 heteroatoms. The molecule has 1 amide bonds. The Labute approximate surface area is 142 Å². The molecule has 0 spiro atoms. The first-order chi connectivity index (χ1) is 10.5. The van der Waals surface area contributed by atoms with Gasteiger partial charge in [0, 0.05) is 5.02 Å². The molecule has 0 aliphatic heterocycles. The van der Waals surface area contributed by atoms with Crippen molar-refractivity contribution >= 4 is 40.7 Å². The number of carbonyl (C=O) groups is 1. The van der Waals surface area contributed by atoms with Crippen LogP contribution in [0.4, 0.5) is 4.39 Å². The second-order valence-corrected chi connectivity index (χ2v) is 6.40. The largest absolute Gasteiger partial charge is 0.345 e. The van der Waals surface area contributed by atoms with Crippen LogP contribution < -0.4 is 5.32 Å². The Morgan fingerprint density at radius 2 is 1.91 bits per heavy atom. The van der Waals surface area contributed by atoms with Crippen LogP contribution in [0.2, 0.25) is 15.1 Å². The summed E-state index contributed by atoms with van der Waals surface area (Å²) in [4.78, 5) is 12.3. The lowest BCUT2D eigenvalue weighted by atomic mass is 10.1. The van der Waals surface area contributed by atoms with E-state index in [1.807, 2.05) is 12.1 Å². The zero-order valence-electron chi connectivity index (χ0n) is 11.3. The number of aryl methyl sites for hydroxylation is 1. The van der Waals surface area contributed by atoms with Crippen LogP contribution in [0.1, 0.15) is 33.9 Å². The molecule has 0 radical (unpaired) electrons. The van der Waals surface area contributed by atoms with Gasteiger partial charge in [0.1, 0.15) is 5.82 Å². The summed E-state index contributed by atoms with van der Waals surface area (Å²) >= 11 is 17.6. The number of benzene rings is 2. The minimum atomic E-state index is -0.671. The third-order valence-electron chi connectivity index (χ3n) is 3.74. The molecule has 1 N–H and O–H groups in total. The van der Waals surface area contributed by atoms with E-state index in [1.54, 1.807) is 6.07 Å². The molecule has 1 aliphatic carbocycles. The molecular weight excluding hydrogens is 348 g/mol. The van der Waals surface area contributed by atoms with E-state index in [0.29, 0.717) is 5.02 Å². The Kier molecular flexibility index (Phi) is 4.31. The molecule has 1 unspecified atom stereocenters. The van der Waals surface area contributed by atoms with Gasteiger partial charge in [-0.15, -0.1) is 0 Å². The molecule has 2 aromatic carbocycles. The van der Waals surface area contributed by atoms with Crippen molar-refractivity contribution in [2.45, 2.75) is 18.9 Å². The van der Waals surface area contributed by atoms with Crippen LogP contribution in [-0.2, 0) is 6.42 Å². The van der Waals surface area contributed by atoms with Gasteiger partial charge in [0.05, 0.1) is 21.7 Å². The number of halogens is 4. The van der Waals surface area contributed by atoms with Crippen molar-refractivity contribution in [3.8, 4) is 0 Å². The third kappa shape index (κ3) is 2.94. The molecular formula is C16H11Cl3FNO. The van der Waals surface area contributed by atoms with E-state index >= 15 is 0 Å². The fourth-order valence-electron chi connectivity index (χ4n) is 2.67. The average molecular weight is 359 g/mol. The van der Waals surface area contributed by atoms with Crippen LogP contribution in [0.3, 0.4) is 0 Å². The summed E-state index contributed by atoms with van der Waals surface area (Å²) in [6.45, 7) is 0. The summed E-state index contributed by atoms with van der Waals surface area (Å²) < 4.78 is 13.5. The molecule has 0 heterocycles.